The SMILES string of the molecule is CCc1ccccc1N(COC)C(=O)C(Cl)CC.O=C(CCl)Nc1ccccc1. The lowest BCUT2D eigenvalue weighted by atomic mass is 10.1. The van der Waals surface area contributed by atoms with Crippen molar-refractivity contribution < 1.29 is 14.3 Å². The van der Waals surface area contributed by atoms with Gasteiger partial charge in [0.2, 0.25) is 11.8 Å². The van der Waals surface area contributed by atoms with E-state index in [0.717, 1.165) is 23.4 Å². The molecule has 158 valence electrons. The van der Waals surface area contributed by atoms with Gasteiger partial charge in [0.1, 0.15) is 18.0 Å². The van der Waals surface area contributed by atoms with Gasteiger partial charge in [0.05, 0.1) is 0 Å². The van der Waals surface area contributed by atoms with Crippen LogP contribution in [0.1, 0.15) is 25.8 Å². The summed E-state index contributed by atoms with van der Waals surface area (Å²) in [6, 6.07) is 17.0. The van der Waals surface area contributed by atoms with Crippen LogP contribution < -0.4 is 10.2 Å². The fraction of sp³-hybridized carbons (Fsp3) is 0.364. The maximum absolute atomic E-state index is 12.2. The predicted molar refractivity (Wildman–Crippen MR) is 121 cm³/mol. The number of benzene rings is 2. The summed E-state index contributed by atoms with van der Waals surface area (Å²) in [6.07, 6.45) is 1.47. The van der Waals surface area contributed by atoms with Crippen molar-refractivity contribution in [2.24, 2.45) is 0 Å². The van der Waals surface area contributed by atoms with Crippen molar-refractivity contribution in [1.82, 2.24) is 0 Å². The van der Waals surface area contributed by atoms with Gasteiger partial charge in [0.25, 0.3) is 0 Å². The molecule has 5 nitrogen and oxygen atoms in total. The van der Waals surface area contributed by atoms with Crippen molar-refractivity contribution in [1.29, 1.82) is 0 Å². The van der Waals surface area contributed by atoms with E-state index in [-0.39, 0.29) is 24.4 Å². The van der Waals surface area contributed by atoms with E-state index in [2.05, 4.69) is 12.2 Å². The van der Waals surface area contributed by atoms with Gasteiger partial charge in [-0.15, -0.1) is 23.2 Å². The Morgan fingerprint density at radius 1 is 1.07 bits per heavy atom. The zero-order valence-electron chi connectivity index (χ0n) is 17.0. The Morgan fingerprint density at radius 2 is 1.69 bits per heavy atom. The third kappa shape index (κ3) is 8.44. The molecule has 0 aliphatic carbocycles. The van der Waals surface area contributed by atoms with Gasteiger partial charge in [-0.25, -0.2) is 0 Å². The summed E-state index contributed by atoms with van der Waals surface area (Å²) in [5, 5.41) is 2.11. The quantitative estimate of drug-likeness (QED) is 0.462. The molecule has 0 spiro atoms. The highest BCUT2D eigenvalue weighted by Gasteiger charge is 2.23. The second kappa shape index (κ2) is 14.0. The number of aryl methyl sites for hydroxylation is 1. The topological polar surface area (TPSA) is 58.6 Å². The van der Waals surface area contributed by atoms with Crippen molar-refractivity contribution >= 4 is 46.4 Å². The van der Waals surface area contributed by atoms with Gasteiger partial charge < -0.3 is 10.1 Å². The summed E-state index contributed by atoms with van der Waals surface area (Å²) in [5.41, 5.74) is 2.77. The fourth-order valence-corrected chi connectivity index (χ4v) is 2.70. The fourth-order valence-electron chi connectivity index (χ4n) is 2.51. The average Bonchev–Trinajstić information content (AvgIpc) is 2.77. The van der Waals surface area contributed by atoms with Crippen LogP contribution in [0.4, 0.5) is 11.4 Å². The minimum absolute atomic E-state index is 0.00507. The minimum atomic E-state index is -0.509. The van der Waals surface area contributed by atoms with Crippen LogP contribution in [-0.2, 0) is 20.7 Å². The molecule has 2 aromatic rings. The van der Waals surface area contributed by atoms with Crippen LogP contribution in [-0.4, -0.2) is 36.9 Å². The van der Waals surface area contributed by atoms with Crippen LogP contribution in [0, 0.1) is 0 Å². The first-order valence-electron chi connectivity index (χ1n) is 9.41. The number of nitrogens with zero attached hydrogens (tertiary/aromatic N) is 1. The van der Waals surface area contributed by atoms with Crippen molar-refractivity contribution in [3.05, 3.63) is 60.2 Å². The number of rotatable bonds is 8. The third-order valence-electron chi connectivity index (χ3n) is 3.99. The molecule has 1 N–H and O–H groups in total. The first-order chi connectivity index (χ1) is 14.0. The molecule has 2 rings (SSSR count). The Bertz CT molecular complexity index is 757. The lowest BCUT2D eigenvalue weighted by molar-refractivity contribution is -0.119. The summed E-state index contributed by atoms with van der Waals surface area (Å²) < 4.78 is 5.12. The van der Waals surface area contributed by atoms with E-state index in [4.69, 9.17) is 27.9 Å². The molecule has 0 aliphatic heterocycles. The number of anilines is 2. The number of alkyl halides is 2. The van der Waals surface area contributed by atoms with Crippen molar-refractivity contribution in [3.63, 3.8) is 0 Å². The van der Waals surface area contributed by atoms with Gasteiger partial charge in [0.15, 0.2) is 0 Å². The van der Waals surface area contributed by atoms with Gasteiger partial charge in [-0.1, -0.05) is 50.2 Å². The van der Waals surface area contributed by atoms with E-state index >= 15 is 0 Å². The number of carbonyl (C=O) groups excluding carboxylic acids is 2. The molecule has 1 unspecified atom stereocenters. The van der Waals surface area contributed by atoms with E-state index in [0.29, 0.717) is 6.42 Å². The lowest BCUT2D eigenvalue weighted by Gasteiger charge is -2.25. The number of hydrogen-bond acceptors (Lipinski definition) is 3. The van der Waals surface area contributed by atoms with Crippen LogP contribution in [0.3, 0.4) is 0 Å². The van der Waals surface area contributed by atoms with Crippen LogP contribution in [0.5, 0.6) is 0 Å². The average molecular weight is 439 g/mol. The van der Waals surface area contributed by atoms with Crippen LogP contribution >= 0.6 is 23.2 Å². The Balaban J connectivity index is 0.000000326. The monoisotopic (exact) mass is 438 g/mol. The number of halogens is 2. The summed E-state index contributed by atoms with van der Waals surface area (Å²) in [4.78, 5) is 24.6. The van der Waals surface area contributed by atoms with Gasteiger partial charge in [0, 0.05) is 18.5 Å². The molecule has 0 aliphatic rings. The van der Waals surface area contributed by atoms with Crippen LogP contribution in [0.15, 0.2) is 54.6 Å². The summed E-state index contributed by atoms with van der Waals surface area (Å²) in [7, 11) is 1.57. The molecule has 29 heavy (non-hydrogen) atoms. The van der Waals surface area contributed by atoms with Gasteiger partial charge in [-0.05, 0) is 36.6 Å². The molecule has 0 saturated carbocycles. The van der Waals surface area contributed by atoms with E-state index in [1.165, 1.54) is 0 Å². The maximum atomic E-state index is 12.2. The normalized spacial score (nSPS) is 11.1. The minimum Gasteiger partial charge on any atom is -0.364 e. The highest BCUT2D eigenvalue weighted by atomic mass is 35.5. The molecule has 0 saturated heterocycles. The third-order valence-corrected chi connectivity index (χ3v) is 4.73. The molecule has 1 atom stereocenters. The largest absolute Gasteiger partial charge is 0.364 e. The smallest absolute Gasteiger partial charge is 0.246 e. The van der Waals surface area contributed by atoms with E-state index < -0.39 is 5.38 Å². The number of methoxy groups -OCH3 is 1. The Hall–Kier alpha value is -2.08. The highest BCUT2D eigenvalue weighted by molar-refractivity contribution is 6.32. The van der Waals surface area contributed by atoms with Crippen molar-refractivity contribution in [2.45, 2.75) is 32.1 Å². The molecule has 0 aromatic heterocycles. The molecule has 0 heterocycles. The van der Waals surface area contributed by atoms with Crippen LogP contribution in [0.25, 0.3) is 0 Å². The Labute approximate surface area is 182 Å². The van der Waals surface area contributed by atoms with E-state index in [1.54, 1.807) is 12.0 Å². The molecule has 2 amide bonds. The molecular weight excluding hydrogens is 411 g/mol. The van der Waals surface area contributed by atoms with E-state index in [1.807, 2.05) is 61.5 Å². The zero-order valence-corrected chi connectivity index (χ0v) is 18.5. The lowest BCUT2D eigenvalue weighted by Crippen LogP contribution is -2.38. The number of nitrogens with one attached hydrogen (secondary N) is 1. The predicted octanol–water partition coefficient (Wildman–Crippen LogP) is 5.07. The first kappa shape index (κ1) is 25.0. The number of carbonyl (C=O) groups is 2. The second-order valence-electron chi connectivity index (χ2n) is 6.09. The highest BCUT2D eigenvalue weighted by Crippen LogP contribution is 2.23. The van der Waals surface area contributed by atoms with Gasteiger partial charge in [-0.3, -0.25) is 14.5 Å². The maximum Gasteiger partial charge on any atom is 0.246 e. The molecule has 2 aromatic carbocycles. The molecule has 0 bridgehead atoms. The number of para-hydroxylation sites is 2. The molecule has 7 heteroatoms. The Morgan fingerprint density at radius 3 is 2.24 bits per heavy atom. The zero-order chi connectivity index (χ0) is 21.6. The second-order valence-corrected chi connectivity index (χ2v) is 6.88. The van der Waals surface area contributed by atoms with Gasteiger partial charge in [-0.2, -0.15) is 0 Å². The Kier molecular flexibility index (Phi) is 12.0. The van der Waals surface area contributed by atoms with Crippen LogP contribution in [0.2, 0.25) is 0 Å². The summed E-state index contributed by atoms with van der Waals surface area (Å²) in [6.45, 7) is 4.18. The van der Waals surface area contributed by atoms with Gasteiger partial charge >= 0.3 is 0 Å². The summed E-state index contributed by atoms with van der Waals surface area (Å²) in [5.74, 6) is -0.297. The molecule has 0 fully saturated rings. The molecule has 0 radical (unpaired) electrons. The van der Waals surface area contributed by atoms with Crippen molar-refractivity contribution in [2.75, 3.05) is 29.9 Å². The first-order valence-corrected chi connectivity index (χ1v) is 10.4. The summed E-state index contributed by atoms with van der Waals surface area (Å²) >= 11 is 11.3. The number of ether oxygens (including phenoxy) is 1. The van der Waals surface area contributed by atoms with Crippen molar-refractivity contribution in [3.8, 4) is 0 Å². The molecular formula is C22H28Cl2N2O3. The number of amides is 2. The standard InChI is InChI=1S/C14H20ClNO2.C8H8ClNO/c1-4-11-8-6-7-9-13(11)16(10-18-3)14(17)12(15)5-2;9-6-8(11)10-7-4-2-1-3-5-7/h6-9,12H,4-5,10H2,1-3H3;1-5H,6H2,(H,10,11). The number of hydrogen-bond donors (Lipinski definition) is 1. The van der Waals surface area contributed by atoms with E-state index in [9.17, 15) is 9.59 Å².